The summed E-state index contributed by atoms with van der Waals surface area (Å²) in [5, 5.41) is 12.2. The van der Waals surface area contributed by atoms with Crippen molar-refractivity contribution in [2.24, 2.45) is 0 Å². The van der Waals surface area contributed by atoms with E-state index in [1.807, 2.05) is 42.5 Å². The summed E-state index contributed by atoms with van der Waals surface area (Å²) >= 11 is 0. The molecule has 2 heteroatoms. The standard InChI is InChI=1S/C15H14N2/c16-12-14-8-4-5-9-15(14)17-11-10-13-6-2-1-3-7-13/h1-9,17H,10-11H2. The third-order valence-corrected chi connectivity index (χ3v) is 2.62. The molecule has 2 nitrogen and oxygen atoms in total. The Morgan fingerprint density at radius 1 is 0.941 bits per heavy atom. The molecule has 0 aromatic heterocycles. The van der Waals surface area contributed by atoms with Crippen molar-refractivity contribution in [2.75, 3.05) is 11.9 Å². The first-order chi connectivity index (χ1) is 8.40. The summed E-state index contributed by atoms with van der Waals surface area (Å²) in [4.78, 5) is 0. The fourth-order valence-electron chi connectivity index (χ4n) is 1.72. The zero-order valence-corrected chi connectivity index (χ0v) is 9.56. The molecule has 17 heavy (non-hydrogen) atoms. The monoisotopic (exact) mass is 222 g/mol. The van der Waals surface area contributed by atoms with Gasteiger partial charge in [0.15, 0.2) is 0 Å². The number of rotatable bonds is 4. The molecule has 0 saturated heterocycles. The molecule has 1 N–H and O–H groups in total. The van der Waals surface area contributed by atoms with Crippen LogP contribution in [0.5, 0.6) is 0 Å². The Bertz CT molecular complexity index is 512. The van der Waals surface area contributed by atoms with Gasteiger partial charge in [-0.25, -0.2) is 0 Å². The number of benzene rings is 2. The van der Waals surface area contributed by atoms with E-state index in [0.29, 0.717) is 5.56 Å². The summed E-state index contributed by atoms with van der Waals surface area (Å²) < 4.78 is 0. The summed E-state index contributed by atoms with van der Waals surface area (Å²) in [6.45, 7) is 0.836. The number of anilines is 1. The van der Waals surface area contributed by atoms with Crippen LogP contribution in [0.1, 0.15) is 11.1 Å². The average molecular weight is 222 g/mol. The van der Waals surface area contributed by atoms with Crippen LogP contribution in [0.2, 0.25) is 0 Å². The maximum absolute atomic E-state index is 8.94. The zero-order chi connectivity index (χ0) is 11.9. The van der Waals surface area contributed by atoms with E-state index in [1.54, 1.807) is 0 Å². The lowest BCUT2D eigenvalue weighted by Gasteiger charge is -2.07. The Morgan fingerprint density at radius 2 is 1.65 bits per heavy atom. The minimum atomic E-state index is 0.695. The molecule has 0 aliphatic rings. The molecule has 0 aliphatic carbocycles. The number of nitrogens with one attached hydrogen (secondary N) is 1. The molecule has 0 saturated carbocycles. The van der Waals surface area contributed by atoms with Crippen molar-refractivity contribution < 1.29 is 0 Å². The zero-order valence-electron chi connectivity index (χ0n) is 9.56. The Kier molecular flexibility index (Phi) is 3.77. The maximum atomic E-state index is 8.94. The lowest BCUT2D eigenvalue weighted by molar-refractivity contribution is 1.02. The van der Waals surface area contributed by atoms with Crippen molar-refractivity contribution >= 4 is 5.69 Å². The summed E-state index contributed by atoms with van der Waals surface area (Å²) in [5.41, 5.74) is 2.90. The van der Waals surface area contributed by atoms with Crippen LogP contribution < -0.4 is 5.32 Å². The van der Waals surface area contributed by atoms with Gasteiger partial charge in [-0.2, -0.15) is 5.26 Å². The second kappa shape index (κ2) is 5.72. The highest BCUT2D eigenvalue weighted by Gasteiger charge is 1.99. The molecule has 0 heterocycles. The average Bonchev–Trinajstić information content (AvgIpc) is 2.40. The van der Waals surface area contributed by atoms with E-state index in [1.165, 1.54) is 5.56 Å². The first-order valence-electron chi connectivity index (χ1n) is 5.67. The van der Waals surface area contributed by atoms with Crippen LogP contribution in [-0.2, 0) is 6.42 Å². The third-order valence-electron chi connectivity index (χ3n) is 2.62. The molecule has 0 radical (unpaired) electrons. The molecule has 0 bridgehead atoms. The van der Waals surface area contributed by atoms with Gasteiger partial charge >= 0.3 is 0 Å². The summed E-state index contributed by atoms with van der Waals surface area (Å²) in [7, 11) is 0. The van der Waals surface area contributed by atoms with Crippen molar-refractivity contribution in [2.45, 2.75) is 6.42 Å². The van der Waals surface area contributed by atoms with Gasteiger partial charge in [0.25, 0.3) is 0 Å². The lowest BCUT2D eigenvalue weighted by Crippen LogP contribution is -2.05. The van der Waals surface area contributed by atoms with Crippen LogP contribution in [-0.4, -0.2) is 6.54 Å². The Morgan fingerprint density at radius 3 is 2.41 bits per heavy atom. The summed E-state index contributed by atoms with van der Waals surface area (Å²) in [5.74, 6) is 0. The van der Waals surface area contributed by atoms with Gasteiger partial charge in [0.05, 0.1) is 11.3 Å². The van der Waals surface area contributed by atoms with Crippen LogP contribution in [0.25, 0.3) is 0 Å². The van der Waals surface area contributed by atoms with Gasteiger partial charge in [-0.15, -0.1) is 0 Å². The van der Waals surface area contributed by atoms with E-state index in [2.05, 4.69) is 23.5 Å². The molecule has 0 unspecified atom stereocenters. The molecular weight excluding hydrogens is 208 g/mol. The quantitative estimate of drug-likeness (QED) is 0.862. The number of nitriles is 1. The fourth-order valence-corrected chi connectivity index (χ4v) is 1.72. The molecule has 0 spiro atoms. The van der Waals surface area contributed by atoms with E-state index < -0.39 is 0 Å². The number of hydrogen-bond donors (Lipinski definition) is 1. The smallest absolute Gasteiger partial charge is 0.101 e. The number of hydrogen-bond acceptors (Lipinski definition) is 2. The minimum Gasteiger partial charge on any atom is -0.384 e. The maximum Gasteiger partial charge on any atom is 0.101 e. The van der Waals surface area contributed by atoms with Gasteiger partial charge in [0.2, 0.25) is 0 Å². The van der Waals surface area contributed by atoms with Crippen LogP contribution in [0.4, 0.5) is 5.69 Å². The van der Waals surface area contributed by atoms with Crippen molar-refractivity contribution in [3.8, 4) is 6.07 Å². The molecule has 0 fully saturated rings. The van der Waals surface area contributed by atoms with Crippen molar-refractivity contribution in [1.82, 2.24) is 0 Å². The van der Waals surface area contributed by atoms with Gasteiger partial charge < -0.3 is 5.32 Å². The predicted octanol–water partition coefficient (Wildman–Crippen LogP) is 3.21. The van der Waals surface area contributed by atoms with Gasteiger partial charge in [0, 0.05) is 6.54 Å². The summed E-state index contributed by atoms with van der Waals surface area (Å²) in [6, 6.07) is 20.1. The predicted molar refractivity (Wildman–Crippen MR) is 69.8 cm³/mol. The first kappa shape index (κ1) is 11.2. The third kappa shape index (κ3) is 3.09. The second-order valence-corrected chi connectivity index (χ2v) is 3.82. The first-order valence-corrected chi connectivity index (χ1v) is 5.67. The summed E-state index contributed by atoms with van der Waals surface area (Å²) in [6.07, 6.45) is 0.959. The molecule has 2 rings (SSSR count). The van der Waals surface area contributed by atoms with Gasteiger partial charge in [-0.05, 0) is 24.1 Å². The Hall–Kier alpha value is -2.27. The van der Waals surface area contributed by atoms with Crippen molar-refractivity contribution in [3.63, 3.8) is 0 Å². The van der Waals surface area contributed by atoms with Crippen LogP contribution in [0.15, 0.2) is 54.6 Å². The van der Waals surface area contributed by atoms with Crippen LogP contribution in [0, 0.1) is 11.3 Å². The normalized spacial score (nSPS) is 9.59. The van der Waals surface area contributed by atoms with Crippen molar-refractivity contribution in [1.29, 1.82) is 5.26 Å². The fraction of sp³-hybridized carbons (Fsp3) is 0.133. The molecule has 0 aliphatic heterocycles. The highest BCUT2D eigenvalue weighted by molar-refractivity contribution is 5.57. The van der Waals surface area contributed by atoms with Crippen LogP contribution in [0.3, 0.4) is 0 Å². The molecule has 0 atom stereocenters. The molecule has 84 valence electrons. The molecule has 2 aromatic carbocycles. The lowest BCUT2D eigenvalue weighted by atomic mass is 10.1. The van der Waals surface area contributed by atoms with E-state index in [-0.39, 0.29) is 0 Å². The van der Waals surface area contributed by atoms with Gasteiger partial charge in [-0.1, -0.05) is 42.5 Å². The highest BCUT2D eigenvalue weighted by Crippen LogP contribution is 2.13. The molecule has 2 aromatic rings. The minimum absolute atomic E-state index is 0.695. The second-order valence-electron chi connectivity index (χ2n) is 3.82. The molecular formula is C15H14N2. The Labute approximate surface area is 102 Å². The number of para-hydroxylation sites is 1. The van der Waals surface area contributed by atoms with Gasteiger partial charge in [0.1, 0.15) is 6.07 Å². The van der Waals surface area contributed by atoms with E-state index in [0.717, 1.165) is 18.7 Å². The van der Waals surface area contributed by atoms with Crippen LogP contribution >= 0.6 is 0 Å². The van der Waals surface area contributed by atoms with E-state index in [4.69, 9.17) is 5.26 Å². The number of nitrogens with zero attached hydrogens (tertiary/aromatic N) is 1. The van der Waals surface area contributed by atoms with Crippen molar-refractivity contribution in [3.05, 3.63) is 65.7 Å². The topological polar surface area (TPSA) is 35.8 Å². The largest absolute Gasteiger partial charge is 0.384 e. The van der Waals surface area contributed by atoms with Gasteiger partial charge in [-0.3, -0.25) is 0 Å². The molecule has 0 amide bonds. The SMILES string of the molecule is N#Cc1ccccc1NCCc1ccccc1. The van der Waals surface area contributed by atoms with E-state index >= 15 is 0 Å². The van der Waals surface area contributed by atoms with E-state index in [9.17, 15) is 0 Å². The highest BCUT2D eigenvalue weighted by atomic mass is 14.9. The Balaban J connectivity index is 1.93.